The standard InChI is InChI=1S/C23H27N7O3/c1-13-4-6-14(7-5-13)8-15-9-18(28-30(15)3)22(31)26-19-12-33-21-11-17(27-25)16(24)10-20(21)29(2)23(19)32/h4-7,9-11,19,27H,8,12,24-25H2,1-3H3,(H,26,31). The summed E-state index contributed by atoms with van der Waals surface area (Å²) in [6.07, 6.45) is 0.638. The molecule has 172 valence electrons. The second-order valence-electron chi connectivity index (χ2n) is 8.09. The molecule has 1 atom stereocenters. The molecule has 10 heteroatoms. The molecular formula is C23H27N7O3. The van der Waals surface area contributed by atoms with Crippen LogP contribution in [-0.4, -0.2) is 41.3 Å². The first-order valence-electron chi connectivity index (χ1n) is 10.5. The van der Waals surface area contributed by atoms with E-state index in [0.29, 0.717) is 29.2 Å². The maximum absolute atomic E-state index is 13.0. The molecule has 2 amide bonds. The molecule has 33 heavy (non-hydrogen) atoms. The van der Waals surface area contributed by atoms with Crippen LogP contribution in [0.1, 0.15) is 27.3 Å². The van der Waals surface area contributed by atoms with Crippen LogP contribution in [0.25, 0.3) is 0 Å². The third kappa shape index (κ3) is 4.46. The number of aryl methyl sites for hydroxylation is 2. The second-order valence-corrected chi connectivity index (χ2v) is 8.09. The Balaban J connectivity index is 1.49. The quantitative estimate of drug-likeness (QED) is 0.262. The molecular weight excluding hydrogens is 422 g/mol. The van der Waals surface area contributed by atoms with Crippen molar-refractivity contribution in [3.05, 3.63) is 65.0 Å². The molecule has 6 N–H and O–H groups in total. The number of nitrogens with one attached hydrogen (secondary N) is 2. The number of aromatic nitrogens is 2. The number of hydrazine groups is 1. The highest BCUT2D eigenvalue weighted by Crippen LogP contribution is 2.36. The van der Waals surface area contributed by atoms with Gasteiger partial charge >= 0.3 is 0 Å². The van der Waals surface area contributed by atoms with Crippen molar-refractivity contribution in [3.8, 4) is 5.75 Å². The zero-order valence-electron chi connectivity index (χ0n) is 18.8. The summed E-state index contributed by atoms with van der Waals surface area (Å²) < 4.78 is 7.47. The fourth-order valence-corrected chi connectivity index (χ4v) is 3.72. The average molecular weight is 450 g/mol. The number of carbonyl (C=O) groups excluding carboxylic acids is 2. The van der Waals surface area contributed by atoms with Crippen LogP contribution in [0.15, 0.2) is 42.5 Å². The van der Waals surface area contributed by atoms with Crippen LogP contribution >= 0.6 is 0 Å². The van der Waals surface area contributed by atoms with Crippen LogP contribution in [0.3, 0.4) is 0 Å². The third-order valence-corrected chi connectivity index (χ3v) is 5.70. The Morgan fingerprint density at radius 3 is 2.64 bits per heavy atom. The number of fused-ring (bicyclic) bond motifs is 1. The van der Waals surface area contributed by atoms with E-state index in [1.54, 1.807) is 37.0 Å². The summed E-state index contributed by atoms with van der Waals surface area (Å²) in [5.74, 6) is 5.13. The Hall–Kier alpha value is -4.05. The lowest BCUT2D eigenvalue weighted by molar-refractivity contribution is -0.120. The van der Waals surface area contributed by atoms with E-state index in [9.17, 15) is 9.59 Å². The van der Waals surface area contributed by atoms with E-state index in [-0.39, 0.29) is 18.2 Å². The summed E-state index contributed by atoms with van der Waals surface area (Å²) in [5.41, 5.74) is 13.2. The van der Waals surface area contributed by atoms with Crippen LogP contribution in [0.2, 0.25) is 0 Å². The number of carbonyl (C=O) groups is 2. The van der Waals surface area contributed by atoms with E-state index in [2.05, 4.69) is 28.0 Å². The number of nitrogen functional groups attached to an aromatic ring is 2. The van der Waals surface area contributed by atoms with Crippen LogP contribution in [-0.2, 0) is 18.3 Å². The average Bonchev–Trinajstić information content (AvgIpc) is 3.12. The zero-order chi connectivity index (χ0) is 23.7. The molecule has 1 unspecified atom stereocenters. The second kappa shape index (κ2) is 8.83. The summed E-state index contributed by atoms with van der Waals surface area (Å²) >= 11 is 0. The summed E-state index contributed by atoms with van der Waals surface area (Å²) in [4.78, 5) is 27.3. The number of hydrogen-bond acceptors (Lipinski definition) is 7. The maximum atomic E-state index is 13.0. The molecule has 0 bridgehead atoms. The number of nitrogens with zero attached hydrogens (tertiary/aromatic N) is 3. The highest BCUT2D eigenvalue weighted by molar-refractivity contribution is 6.03. The molecule has 0 radical (unpaired) electrons. The Labute approximate surface area is 191 Å². The third-order valence-electron chi connectivity index (χ3n) is 5.70. The molecule has 0 spiro atoms. The summed E-state index contributed by atoms with van der Waals surface area (Å²) in [6.45, 7) is 1.99. The van der Waals surface area contributed by atoms with Gasteiger partial charge in [0.1, 0.15) is 24.1 Å². The Bertz CT molecular complexity index is 1200. The van der Waals surface area contributed by atoms with Crippen molar-refractivity contribution in [1.82, 2.24) is 15.1 Å². The van der Waals surface area contributed by atoms with Gasteiger partial charge < -0.3 is 26.1 Å². The van der Waals surface area contributed by atoms with Crippen LogP contribution in [0.4, 0.5) is 17.1 Å². The molecule has 2 aromatic carbocycles. The van der Waals surface area contributed by atoms with Crippen molar-refractivity contribution in [2.75, 3.05) is 29.7 Å². The van der Waals surface area contributed by atoms with Crippen molar-refractivity contribution in [1.29, 1.82) is 0 Å². The minimum Gasteiger partial charge on any atom is -0.489 e. The lowest BCUT2D eigenvalue weighted by Crippen LogP contribution is -2.49. The van der Waals surface area contributed by atoms with Crippen LogP contribution in [0, 0.1) is 6.92 Å². The fraction of sp³-hybridized carbons (Fsp3) is 0.261. The van der Waals surface area contributed by atoms with Gasteiger partial charge in [-0.3, -0.25) is 20.1 Å². The molecule has 1 aromatic heterocycles. The van der Waals surface area contributed by atoms with E-state index in [4.69, 9.17) is 16.3 Å². The summed E-state index contributed by atoms with van der Waals surface area (Å²) in [5, 5.41) is 7.07. The first-order chi connectivity index (χ1) is 15.8. The molecule has 2 heterocycles. The minimum absolute atomic E-state index is 0.0428. The van der Waals surface area contributed by atoms with Crippen molar-refractivity contribution in [2.24, 2.45) is 12.9 Å². The fourth-order valence-electron chi connectivity index (χ4n) is 3.72. The molecule has 0 aliphatic carbocycles. The smallest absolute Gasteiger partial charge is 0.272 e. The molecule has 1 aliphatic heterocycles. The largest absolute Gasteiger partial charge is 0.489 e. The van der Waals surface area contributed by atoms with Gasteiger partial charge in [0.2, 0.25) is 0 Å². The number of nitrogens with two attached hydrogens (primary N) is 2. The van der Waals surface area contributed by atoms with Gasteiger partial charge in [0, 0.05) is 32.3 Å². The highest BCUT2D eigenvalue weighted by Gasteiger charge is 2.32. The van der Waals surface area contributed by atoms with Crippen LogP contribution in [0.5, 0.6) is 5.75 Å². The van der Waals surface area contributed by atoms with Crippen molar-refractivity contribution >= 4 is 28.9 Å². The lowest BCUT2D eigenvalue weighted by Gasteiger charge is -2.20. The number of ether oxygens (including phenoxy) is 1. The Morgan fingerprint density at radius 2 is 1.94 bits per heavy atom. The number of anilines is 3. The van der Waals surface area contributed by atoms with Crippen LogP contribution < -0.4 is 32.0 Å². The molecule has 1 aliphatic rings. The molecule has 0 saturated heterocycles. The van der Waals surface area contributed by atoms with Gasteiger partial charge in [0.15, 0.2) is 0 Å². The minimum atomic E-state index is -0.895. The van der Waals surface area contributed by atoms with E-state index in [0.717, 1.165) is 11.3 Å². The Kier molecular flexibility index (Phi) is 5.93. The predicted molar refractivity (Wildman–Crippen MR) is 126 cm³/mol. The van der Waals surface area contributed by atoms with E-state index in [1.807, 2.05) is 19.1 Å². The normalized spacial score (nSPS) is 15.5. The maximum Gasteiger partial charge on any atom is 0.272 e. The molecule has 10 nitrogen and oxygen atoms in total. The van der Waals surface area contributed by atoms with Crippen molar-refractivity contribution < 1.29 is 14.3 Å². The first-order valence-corrected chi connectivity index (χ1v) is 10.5. The van der Waals surface area contributed by atoms with E-state index < -0.39 is 11.9 Å². The lowest BCUT2D eigenvalue weighted by atomic mass is 10.1. The van der Waals surface area contributed by atoms with Crippen molar-refractivity contribution in [2.45, 2.75) is 19.4 Å². The zero-order valence-corrected chi connectivity index (χ0v) is 18.8. The monoisotopic (exact) mass is 449 g/mol. The van der Waals surface area contributed by atoms with Crippen molar-refractivity contribution in [3.63, 3.8) is 0 Å². The number of rotatable bonds is 5. The molecule has 0 saturated carbocycles. The first kappa shape index (κ1) is 22.2. The number of amides is 2. The van der Waals surface area contributed by atoms with Gasteiger partial charge in [-0.1, -0.05) is 29.8 Å². The Morgan fingerprint density at radius 1 is 1.21 bits per heavy atom. The molecule has 4 rings (SSSR count). The highest BCUT2D eigenvalue weighted by atomic mass is 16.5. The number of benzene rings is 2. The van der Waals surface area contributed by atoms with E-state index in [1.165, 1.54) is 10.5 Å². The number of likely N-dealkylation sites (N-methyl/N-ethyl adjacent to an activating group) is 1. The SMILES string of the molecule is Cc1ccc(Cc2cc(C(=O)NC3COc4cc(NN)c(N)cc4N(C)C3=O)nn2C)cc1. The van der Waals surface area contributed by atoms with E-state index >= 15 is 0 Å². The van der Waals surface area contributed by atoms with Gasteiger partial charge in [-0.2, -0.15) is 5.10 Å². The van der Waals surface area contributed by atoms with Gasteiger partial charge in [0.05, 0.1) is 17.1 Å². The summed E-state index contributed by atoms with van der Waals surface area (Å²) in [6, 6.07) is 12.3. The van der Waals surface area contributed by atoms with Gasteiger partial charge in [0.25, 0.3) is 11.8 Å². The number of hydrogen-bond donors (Lipinski definition) is 4. The van der Waals surface area contributed by atoms with Gasteiger partial charge in [-0.05, 0) is 24.6 Å². The predicted octanol–water partition coefficient (Wildman–Crippen LogP) is 1.34. The van der Waals surface area contributed by atoms with Gasteiger partial charge in [-0.25, -0.2) is 0 Å². The summed E-state index contributed by atoms with van der Waals surface area (Å²) in [7, 11) is 3.39. The molecule has 0 fully saturated rings. The molecule has 3 aromatic rings. The topological polar surface area (TPSA) is 141 Å². The van der Waals surface area contributed by atoms with Gasteiger partial charge in [-0.15, -0.1) is 0 Å².